The summed E-state index contributed by atoms with van der Waals surface area (Å²) < 4.78 is 105. The Labute approximate surface area is 286 Å². The number of nitrogens with zero attached hydrogens (tertiary/aromatic N) is 1. The summed E-state index contributed by atoms with van der Waals surface area (Å²) in [7, 11) is -3.49. The topological polar surface area (TPSA) is 131 Å². The molecule has 10 nitrogen and oxygen atoms in total. The van der Waals surface area contributed by atoms with Gasteiger partial charge in [0.05, 0.1) is 48.1 Å². The minimum atomic E-state index is -4.51. The Balaban J connectivity index is 1.50. The number of benzene rings is 3. The van der Waals surface area contributed by atoms with Gasteiger partial charge in [-0.3, -0.25) is 4.79 Å². The van der Waals surface area contributed by atoms with Crippen LogP contribution in [0.1, 0.15) is 54.7 Å². The van der Waals surface area contributed by atoms with Crippen molar-refractivity contribution in [3.05, 3.63) is 89.5 Å². The summed E-state index contributed by atoms with van der Waals surface area (Å²) in [6.45, 7) is 0.745. The average Bonchev–Trinajstić information content (AvgIpc) is 3.47. The van der Waals surface area contributed by atoms with Gasteiger partial charge in [0, 0.05) is 17.7 Å². The Bertz CT molecular complexity index is 1720. The number of carbonyl (C=O) groups excluding carboxylic acids is 1. The third kappa shape index (κ3) is 9.91. The van der Waals surface area contributed by atoms with Gasteiger partial charge in [-0.1, -0.05) is 19.1 Å². The van der Waals surface area contributed by atoms with Crippen LogP contribution in [0.2, 0.25) is 0 Å². The maximum absolute atomic E-state index is 13.4. The van der Waals surface area contributed by atoms with Gasteiger partial charge < -0.3 is 29.5 Å². The third-order valence-corrected chi connectivity index (χ3v) is 9.94. The molecule has 3 aromatic rings. The molecular formula is C34H37F5N2O8S. The molecule has 16 heteroatoms. The number of hydrogen-bond acceptors (Lipinski definition) is 8. The molecule has 3 atom stereocenters. The van der Waals surface area contributed by atoms with E-state index in [1.165, 1.54) is 69.3 Å². The van der Waals surface area contributed by atoms with E-state index in [2.05, 4.69) is 10.1 Å². The van der Waals surface area contributed by atoms with Crippen LogP contribution in [-0.2, 0) is 30.3 Å². The quantitative estimate of drug-likeness (QED) is 0.178. The molecular weight excluding hydrogens is 691 g/mol. The van der Waals surface area contributed by atoms with Crippen LogP contribution in [0.5, 0.6) is 5.75 Å². The number of halogens is 5. The number of aliphatic carboxylic acids is 1. The highest BCUT2D eigenvalue weighted by Gasteiger charge is 2.36. The molecule has 1 amide bonds. The number of anilines is 1. The van der Waals surface area contributed by atoms with Crippen molar-refractivity contribution < 1.29 is 59.3 Å². The van der Waals surface area contributed by atoms with E-state index < -0.39 is 63.9 Å². The van der Waals surface area contributed by atoms with E-state index in [4.69, 9.17) is 9.47 Å². The van der Waals surface area contributed by atoms with Gasteiger partial charge in [0.1, 0.15) is 11.9 Å². The molecule has 2 N–H and O–H groups in total. The second-order valence-electron chi connectivity index (χ2n) is 12.1. The number of carboxylic acid groups (broad SMARTS) is 1. The predicted octanol–water partition coefficient (Wildman–Crippen LogP) is 6.12. The number of alkyl halides is 5. The van der Waals surface area contributed by atoms with Gasteiger partial charge in [0.2, 0.25) is 0 Å². The molecule has 0 saturated carbocycles. The van der Waals surface area contributed by atoms with Crippen LogP contribution in [0, 0.1) is 0 Å². The summed E-state index contributed by atoms with van der Waals surface area (Å²) in [5.74, 6) is -1.72. The van der Waals surface area contributed by atoms with Crippen molar-refractivity contribution in [1.29, 1.82) is 0 Å². The van der Waals surface area contributed by atoms with Crippen molar-refractivity contribution in [1.82, 2.24) is 5.32 Å². The minimum Gasteiger partial charge on any atom is -0.489 e. The van der Waals surface area contributed by atoms with Crippen LogP contribution in [-0.4, -0.2) is 75.3 Å². The molecule has 0 spiro atoms. The fraction of sp³-hybridized carbons (Fsp3) is 0.412. The molecule has 3 aromatic carbocycles. The molecule has 1 aliphatic heterocycles. The second kappa shape index (κ2) is 15.7. The first-order chi connectivity index (χ1) is 23.4. The van der Waals surface area contributed by atoms with Crippen molar-refractivity contribution in [2.75, 3.05) is 30.4 Å². The van der Waals surface area contributed by atoms with Crippen LogP contribution < -0.4 is 15.0 Å². The van der Waals surface area contributed by atoms with Crippen LogP contribution in [0.3, 0.4) is 0 Å². The first kappa shape index (κ1) is 38.5. The highest BCUT2D eigenvalue weighted by Crippen LogP contribution is 2.33. The van der Waals surface area contributed by atoms with E-state index in [-0.39, 0.29) is 48.1 Å². The van der Waals surface area contributed by atoms with Crippen LogP contribution in [0.4, 0.5) is 27.6 Å². The number of carboxylic acids is 1. The maximum atomic E-state index is 13.4. The maximum Gasteiger partial charge on any atom is 0.416 e. The van der Waals surface area contributed by atoms with E-state index in [0.717, 1.165) is 12.1 Å². The molecule has 50 heavy (non-hydrogen) atoms. The molecule has 0 aliphatic carbocycles. The van der Waals surface area contributed by atoms with Crippen molar-refractivity contribution in [2.45, 2.75) is 68.7 Å². The molecule has 0 aromatic heterocycles. The number of rotatable bonds is 15. The molecule has 1 aliphatic rings. The number of amides is 1. The van der Waals surface area contributed by atoms with Gasteiger partial charge in [-0.05, 0) is 80.1 Å². The summed E-state index contributed by atoms with van der Waals surface area (Å²) in [4.78, 5) is 26.8. The van der Waals surface area contributed by atoms with E-state index in [0.29, 0.717) is 11.3 Å². The number of hydrogen-bond donors (Lipinski definition) is 2. The SMILES string of the molecule is CCS(=O)(=O)c1ccc([C@H](COC(C)(C)C(=O)O)NC(=O)c2ccc(N3C[C@@H](Oc4ccc(C(F)(F)F)cc4)C[C@H]3COC(F)F)cc2)cc1. The fourth-order valence-electron chi connectivity index (χ4n) is 5.23. The Kier molecular flexibility index (Phi) is 12.1. The van der Waals surface area contributed by atoms with Crippen molar-refractivity contribution in [3.63, 3.8) is 0 Å². The van der Waals surface area contributed by atoms with Gasteiger partial charge in [-0.15, -0.1) is 0 Å². The lowest BCUT2D eigenvalue weighted by atomic mass is 10.1. The molecule has 0 unspecified atom stereocenters. The molecule has 1 heterocycles. The molecule has 0 radical (unpaired) electrons. The summed E-state index contributed by atoms with van der Waals surface area (Å²) in [6.07, 6.45) is -4.86. The van der Waals surface area contributed by atoms with Crippen LogP contribution >= 0.6 is 0 Å². The van der Waals surface area contributed by atoms with E-state index in [1.807, 2.05) is 0 Å². The Morgan fingerprint density at radius 2 is 1.60 bits per heavy atom. The number of nitrogens with one attached hydrogen (secondary N) is 1. The second-order valence-corrected chi connectivity index (χ2v) is 14.3. The van der Waals surface area contributed by atoms with Gasteiger partial charge in [-0.25, -0.2) is 13.2 Å². The first-order valence-corrected chi connectivity index (χ1v) is 17.2. The largest absolute Gasteiger partial charge is 0.489 e. The van der Waals surface area contributed by atoms with Crippen molar-refractivity contribution >= 4 is 27.4 Å². The standard InChI is InChI=1S/C34H37F5N2O8S/c1-4-50(45,46)28-15-7-21(8-16-28)29(20-48-33(2,3)31(43)44)40-30(42)22-5-11-24(12-6-22)41-18-27(17-25(41)19-47-32(35)36)49-26-13-9-23(10-14-26)34(37,38)39/h5-16,25,27,29,32H,4,17-20H2,1-3H3,(H,40,42)(H,43,44)/t25-,27-,29-/m0/s1. The van der Waals surface area contributed by atoms with Crippen LogP contribution in [0.15, 0.2) is 77.7 Å². The molecule has 1 fully saturated rings. The lowest BCUT2D eigenvalue weighted by molar-refractivity contribution is -0.162. The molecule has 1 saturated heterocycles. The molecule has 0 bridgehead atoms. The van der Waals surface area contributed by atoms with E-state index in [9.17, 15) is 45.1 Å². The molecule has 272 valence electrons. The number of ether oxygens (including phenoxy) is 3. The summed E-state index contributed by atoms with van der Waals surface area (Å²) in [5, 5.41) is 12.3. The Morgan fingerprint density at radius 1 is 0.980 bits per heavy atom. The van der Waals surface area contributed by atoms with Gasteiger partial charge >= 0.3 is 18.8 Å². The summed E-state index contributed by atoms with van der Waals surface area (Å²) in [6, 6.07) is 14.7. The lowest BCUT2D eigenvalue weighted by Crippen LogP contribution is -2.39. The highest BCUT2D eigenvalue weighted by atomic mass is 32.2. The predicted molar refractivity (Wildman–Crippen MR) is 172 cm³/mol. The van der Waals surface area contributed by atoms with Gasteiger partial charge in [0.15, 0.2) is 15.4 Å². The lowest BCUT2D eigenvalue weighted by Gasteiger charge is -2.27. The van der Waals surface area contributed by atoms with Crippen molar-refractivity contribution in [3.8, 4) is 5.75 Å². The zero-order valence-electron chi connectivity index (χ0n) is 27.3. The monoisotopic (exact) mass is 728 g/mol. The summed E-state index contributed by atoms with van der Waals surface area (Å²) in [5.41, 5.74) is -1.24. The fourth-order valence-corrected chi connectivity index (χ4v) is 6.11. The molecule has 4 rings (SSSR count). The highest BCUT2D eigenvalue weighted by molar-refractivity contribution is 7.91. The summed E-state index contributed by atoms with van der Waals surface area (Å²) >= 11 is 0. The normalized spacial score (nSPS) is 17.5. The van der Waals surface area contributed by atoms with E-state index >= 15 is 0 Å². The van der Waals surface area contributed by atoms with E-state index in [1.54, 1.807) is 17.0 Å². The zero-order chi connectivity index (χ0) is 36.9. The number of sulfone groups is 1. The minimum absolute atomic E-state index is 0.0855. The van der Waals surface area contributed by atoms with Crippen LogP contribution in [0.25, 0.3) is 0 Å². The smallest absolute Gasteiger partial charge is 0.416 e. The van der Waals surface area contributed by atoms with Gasteiger partial charge in [-0.2, -0.15) is 22.0 Å². The third-order valence-electron chi connectivity index (χ3n) is 8.19. The average molecular weight is 729 g/mol. The Morgan fingerprint density at radius 3 is 2.14 bits per heavy atom. The van der Waals surface area contributed by atoms with Crippen molar-refractivity contribution in [2.24, 2.45) is 0 Å². The van der Waals surface area contributed by atoms with Gasteiger partial charge in [0.25, 0.3) is 5.91 Å². The number of carbonyl (C=O) groups is 2. The Hall–Kier alpha value is -4.28. The first-order valence-electron chi connectivity index (χ1n) is 15.5. The zero-order valence-corrected chi connectivity index (χ0v) is 28.1.